The van der Waals surface area contributed by atoms with Gasteiger partial charge in [-0.3, -0.25) is 9.36 Å². The van der Waals surface area contributed by atoms with Crippen LogP contribution in [0, 0.1) is 0 Å². The molecule has 2 fully saturated rings. The number of pyridine rings is 1. The van der Waals surface area contributed by atoms with Crippen LogP contribution in [-0.2, 0) is 12.7 Å². The molecule has 2 aliphatic rings. The Balaban J connectivity index is 1.33. The summed E-state index contributed by atoms with van der Waals surface area (Å²) < 4.78 is 60.5. The first-order chi connectivity index (χ1) is 21.7. The fraction of sp³-hybridized carbons (Fsp3) is 0.355. The molecule has 45 heavy (non-hydrogen) atoms. The van der Waals surface area contributed by atoms with Crippen molar-refractivity contribution in [2.45, 2.75) is 50.4 Å². The Morgan fingerprint density at radius 1 is 0.911 bits per heavy atom. The van der Waals surface area contributed by atoms with Gasteiger partial charge in [0.05, 0.1) is 44.5 Å². The third kappa shape index (κ3) is 5.23. The van der Waals surface area contributed by atoms with Gasteiger partial charge in [-0.1, -0.05) is 6.07 Å². The molecule has 7 rings (SSSR count). The Labute approximate surface area is 254 Å². The van der Waals surface area contributed by atoms with Gasteiger partial charge in [0.15, 0.2) is 17.2 Å². The minimum atomic E-state index is -4.57. The number of nitrogens with zero attached hydrogens (tertiary/aromatic N) is 7. The van der Waals surface area contributed by atoms with Crippen LogP contribution in [0.15, 0.2) is 47.7 Å². The van der Waals surface area contributed by atoms with Crippen LogP contribution >= 0.6 is 0 Å². The molecule has 0 atom stereocenters. The first-order valence-electron chi connectivity index (χ1n) is 14.4. The number of methoxy groups -OCH3 is 3. The molecule has 0 amide bonds. The monoisotopic (exact) mass is 619 g/mol. The summed E-state index contributed by atoms with van der Waals surface area (Å²) in [6.45, 7) is 0.0786. The first-order valence-corrected chi connectivity index (χ1v) is 14.4. The average Bonchev–Trinajstić information content (AvgIpc) is 3.99. The van der Waals surface area contributed by atoms with Gasteiger partial charge in [0.1, 0.15) is 23.5 Å². The smallest absolute Gasteiger partial charge is 0.434 e. The van der Waals surface area contributed by atoms with Gasteiger partial charge in [0, 0.05) is 24.2 Å². The third-order valence-electron chi connectivity index (χ3n) is 8.03. The molecule has 0 N–H and O–H groups in total. The topological polar surface area (TPSA) is 119 Å². The lowest BCUT2D eigenvalue weighted by atomic mass is 10.1. The molecule has 5 aromatic rings. The van der Waals surface area contributed by atoms with Crippen molar-refractivity contribution in [3.8, 4) is 40.3 Å². The maximum atomic E-state index is 13.6. The number of hydrogen-bond donors (Lipinski definition) is 0. The summed E-state index contributed by atoms with van der Waals surface area (Å²) >= 11 is 0. The van der Waals surface area contributed by atoms with E-state index in [4.69, 9.17) is 19.2 Å². The molecule has 232 valence electrons. The fourth-order valence-electron chi connectivity index (χ4n) is 5.53. The van der Waals surface area contributed by atoms with Gasteiger partial charge < -0.3 is 18.8 Å². The number of hydrogen-bond acceptors (Lipinski definition) is 9. The van der Waals surface area contributed by atoms with Crippen molar-refractivity contribution in [3.63, 3.8) is 0 Å². The normalized spacial score (nSPS) is 15.0. The van der Waals surface area contributed by atoms with Crippen LogP contribution in [0.3, 0.4) is 0 Å². The molecule has 0 saturated heterocycles. The standard InChI is InChI=1S/C31H28F3N7O4/c1-43-21-12-16(4-9-19(21)27-37-22(31(32,33)34)14-40(27)18-7-8-18)13-41-23(42)11-10-20-28(41)38-26(39-29(20)44-2)24-25(17-5-6-17)35-15-36-30(24)45-3/h4,9-12,14-15,17-18H,5-8,13H2,1-3H3. The molecule has 0 unspecified atom stereocenters. The van der Waals surface area contributed by atoms with Crippen molar-refractivity contribution < 1.29 is 27.4 Å². The van der Waals surface area contributed by atoms with Gasteiger partial charge in [-0.2, -0.15) is 18.2 Å². The maximum absolute atomic E-state index is 13.6. The van der Waals surface area contributed by atoms with E-state index in [0.717, 1.165) is 37.6 Å². The molecule has 0 spiro atoms. The average molecular weight is 620 g/mol. The second kappa shape index (κ2) is 10.9. The first kappa shape index (κ1) is 28.7. The zero-order chi connectivity index (χ0) is 31.5. The number of rotatable bonds is 9. The fourth-order valence-corrected chi connectivity index (χ4v) is 5.53. The molecule has 2 saturated carbocycles. The van der Waals surface area contributed by atoms with Crippen molar-refractivity contribution >= 4 is 11.0 Å². The van der Waals surface area contributed by atoms with Gasteiger partial charge in [-0.25, -0.2) is 19.9 Å². The lowest BCUT2D eigenvalue weighted by Crippen LogP contribution is -2.21. The van der Waals surface area contributed by atoms with Crippen LogP contribution in [0.25, 0.3) is 33.8 Å². The summed E-state index contributed by atoms with van der Waals surface area (Å²) in [6.07, 6.45) is 1.43. The highest BCUT2D eigenvalue weighted by Gasteiger charge is 2.38. The second-order valence-corrected chi connectivity index (χ2v) is 11.1. The Bertz CT molecular complexity index is 2000. The van der Waals surface area contributed by atoms with Crippen molar-refractivity contribution in [2.24, 2.45) is 0 Å². The Hall–Kier alpha value is -5.01. The molecule has 4 aromatic heterocycles. The molecule has 0 radical (unpaired) electrons. The number of halogens is 3. The van der Waals surface area contributed by atoms with Gasteiger partial charge in [-0.05, 0) is 49.4 Å². The summed E-state index contributed by atoms with van der Waals surface area (Å²) in [5, 5.41) is 0.513. The highest BCUT2D eigenvalue weighted by atomic mass is 19.4. The van der Waals surface area contributed by atoms with E-state index in [1.165, 1.54) is 38.3 Å². The number of aromatic nitrogens is 7. The molecular weight excluding hydrogens is 591 g/mol. The van der Waals surface area contributed by atoms with Crippen molar-refractivity contribution in [3.05, 3.63) is 70.2 Å². The largest absolute Gasteiger partial charge is 0.496 e. The van der Waals surface area contributed by atoms with Crippen LogP contribution < -0.4 is 19.8 Å². The van der Waals surface area contributed by atoms with E-state index >= 15 is 0 Å². The highest BCUT2D eigenvalue weighted by molar-refractivity contribution is 5.83. The van der Waals surface area contributed by atoms with Gasteiger partial charge in [0.2, 0.25) is 11.8 Å². The van der Waals surface area contributed by atoms with Gasteiger partial charge in [-0.15, -0.1) is 0 Å². The van der Waals surface area contributed by atoms with E-state index in [0.29, 0.717) is 39.4 Å². The van der Waals surface area contributed by atoms with Crippen LogP contribution in [0.5, 0.6) is 17.5 Å². The minimum Gasteiger partial charge on any atom is -0.496 e. The summed E-state index contributed by atoms with van der Waals surface area (Å²) in [5.74, 6) is 1.58. The number of fused-ring (bicyclic) bond motifs is 1. The van der Waals surface area contributed by atoms with Gasteiger partial charge >= 0.3 is 6.18 Å². The molecule has 1 aromatic carbocycles. The molecule has 14 heteroatoms. The SMILES string of the molecule is COc1cc(Cn2c(=O)ccc3c(OC)nc(-c4c(OC)ncnc4C4CC4)nc32)ccc1-c1nc(C(F)(F)F)cn1C1CC1. The van der Waals surface area contributed by atoms with Crippen LogP contribution in [0.4, 0.5) is 13.2 Å². The highest BCUT2D eigenvalue weighted by Crippen LogP contribution is 2.46. The summed E-state index contributed by atoms with van der Waals surface area (Å²) in [6, 6.07) is 8.07. The van der Waals surface area contributed by atoms with Gasteiger partial charge in [0.25, 0.3) is 5.56 Å². The van der Waals surface area contributed by atoms with Crippen LogP contribution in [0.2, 0.25) is 0 Å². The predicted octanol–water partition coefficient (Wildman–Crippen LogP) is 5.42. The summed E-state index contributed by atoms with van der Waals surface area (Å²) in [4.78, 5) is 35.5. The lowest BCUT2D eigenvalue weighted by Gasteiger charge is -2.16. The number of ether oxygens (including phenoxy) is 3. The van der Waals surface area contributed by atoms with E-state index in [1.54, 1.807) is 28.8 Å². The van der Waals surface area contributed by atoms with Crippen molar-refractivity contribution in [1.82, 2.24) is 34.1 Å². The quantitative estimate of drug-likeness (QED) is 0.213. The number of alkyl halides is 3. The number of imidazole rings is 1. The Kier molecular flexibility index (Phi) is 6.94. The lowest BCUT2D eigenvalue weighted by molar-refractivity contribution is -0.140. The summed E-state index contributed by atoms with van der Waals surface area (Å²) in [5.41, 5.74) is 1.43. The molecule has 0 bridgehead atoms. The van der Waals surface area contributed by atoms with E-state index in [2.05, 4.69) is 19.9 Å². The second-order valence-electron chi connectivity index (χ2n) is 11.1. The van der Waals surface area contributed by atoms with Crippen molar-refractivity contribution in [1.29, 1.82) is 0 Å². The predicted molar refractivity (Wildman–Crippen MR) is 156 cm³/mol. The van der Waals surface area contributed by atoms with Crippen LogP contribution in [-0.4, -0.2) is 55.4 Å². The molecule has 2 aliphatic carbocycles. The molecule has 11 nitrogen and oxygen atoms in total. The Morgan fingerprint density at radius 3 is 2.36 bits per heavy atom. The third-order valence-corrected chi connectivity index (χ3v) is 8.03. The summed E-state index contributed by atoms with van der Waals surface area (Å²) in [7, 11) is 4.44. The Morgan fingerprint density at radius 2 is 1.69 bits per heavy atom. The van der Waals surface area contributed by atoms with E-state index < -0.39 is 11.9 Å². The molecular formula is C31H28F3N7O4. The minimum absolute atomic E-state index is 0.0415. The van der Waals surface area contributed by atoms with E-state index in [9.17, 15) is 18.0 Å². The maximum Gasteiger partial charge on any atom is 0.434 e. The zero-order valence-corrected chi connectivity index (χ0v) is 24.6. The zero-order valence-electron chi connectivity index (χ0n) is 24.6. The van der Waals surface area contributed by atoms with E-state index in [1.807, 2.05) is 0 Å². The van der Waals surface area contributed by atoms with Crippen molar-refractivity contribution in [2.75, 3.05) is 21.3 Å². The number of benzene rings is 1. The molecule has 0 aliphatic heterocycles. The van der Waals surface area contributed by atoms with E-state index in [-0.39, 0.29) is 41.6 Å². The van der Waals surface area contributed by atoms with Crippen LogP contribution in [0.1, 0.15) is 54.6 Å². The molecule has 4 heterocycles.